The number of methoxy groups -OCH3 is 1. The average Bonchev–Trinajstić information content (AvgIpc) is 2.92. The number of rotatable bonds is 3. The van der Waals surface area contributed by atoms with Crippen LogP contribution in [-0.2, 0) is 11.2 Å². The van der Waals surface area contributed by atoms with Crippen LogP contribution in [0.2, 0.25) is 0 Å². The van der Waals surface area contributed by atoms with E-state index in [1.54, 1.807) is 7.11 Å². The normalized spacial score (nSPS) is 33.7. The molecule has 0 bridgehead atoms. The molecule has 0 saturated heterocycles. The number of carbonyl (C=O) groups is 1. The lowest BCUT2D eigenvalue weighted by Crippen LogP contribution is -2.42. The number of hydrogen-bond donors (Lipinski definition) is 0. The van der Waals surface area contributed by atoms with Crippen molar-refractivity contribution in [3.8, 4) is 5.75 Å². The Bertz CT molecular complexity index is 807. The summed E-state index contributed by atoms with van der Waals surface area (Å²) in [6.45, 7) is 2.23. The molecule has 4 atom stereocenters. The molecule has 3 nitrogen and oxygen atoms in total. The van der Waals surface area contributed by atoms with Gasteiger partial charge in [-0.2, -0.15) is 0 Å². The lowest BCUT2D eigenvalue weighted by Gasteiger charge is -2.48. The van der Waals surface area contributed by atoms with E-state index in [1.807, 2.05) is 31.3 Å². The van der Waals surface area contributed by atoms with Gasteiger partial charge in [-0.1, -0.05) is 19.1 Å². The van der Waals surface area contributed by atoms with Crippen molar-refractivity contribution in [2.75, 3.05) is 21.2 Å². The number of allylic oxidation sites excluding steroid dienone is 3. The molecule has 144 valence electrons. The van der Waals surface area contributed by atoms with Crippen LogP contribution >= 0.6 is 0 Å². The highest BCUT2D eigenvalue weighted by Crippen LogP contribution is 2.60. The third-order valence-electron chi connectivity index (χ3n) is 7.26. The number of aryl methyl sites for hydroxylation is 1. The zero-order chi connectivity index (χ0) is 19.2. The van der Waals surface area contributed by atoms with Crippen molar-refractivity contribution >= 4 is 5.78 Å². The molecule has 1 aromatic carbocycles. The maximum absolute atomic E-state index is 13.2. The number of ether oxygens (including phenoxy) is 1. The topological polar surface area (TPSA) is 29.5 Å². The van der Waals surface area contributed by atoms with Crippen molar-refractivity contribution in [3.63, 3.8) is 0 Å². The molecule has 0 aromatic heterocycles. The summed E-state index contributed by atoms with van der Waals surface area (Å²) in [5.74, 6) is 3.06. The Morgan fingerprint density at radius 2 is 2.07 bits per heavy atom. The van der Waals surface area contributed by atoms with Crippen molar-refractivity contribution in [2.24, 2.45) is 17.3 Å². The molecule has 27 heavy (non-hydrogen) atoms. The van der Waals surface area contributed by atoms with Crippen LogP contribution in [0.3, 0.4) is 0 Å². The predicted molar refractivity (Wildman–Crippen MR) is 109 cm³/mol. The molecular formula is C24H31NO2. The van der Waals surface area contributed by atoms with Gasteiger partial charge in [-0.05, 0) is 91.0 Å². The van der Waals surface area contributed by atoms with Crippen molar-refractivity contribution in [1.29, 1.82) is 0 Å². The Balaban J connectivity index is 1.63. The summed E-state index contributed by atoms with van der Waals surface area (Å²) < 4.78 is 5.42. The maximum atomic E-state index is 13.2. The quantitative estimate of drug-likeness (QED) is 0.725. The summed E-state index contributed by atoms with van der Waals surface area (Å²) in [5, 5.41) is 0. The zero-order valence-corrected chi connectivity index (χ0v) is 17.0. The summed E-state index contributed by atoms with van der Waals surface area (Å²) >= 11 is 0. The van der Waals surface area contributed by atoms with Crippen LogP contribution in [-0.4, -0.2) is 31.9 Å². The number of fused-ring (bicyclic) bond motifs is 5. The highest BCUT2D eigenvalue weighted by Gasteiger charge is 2.56. The van der Waals surface area contributed by atoms with E-state index >= 15 is 0 Å². The second-order valence-corrected chi connectivity index (χ2v) is 8.97. The van der Waals surface area contributed by atoms with Crippen LogP contribution in [0.15, 0.2) is 42.1 Å². The van der Waals surface area contributed by atoms with E-state index in [1.165, 1.54) is 17.5 Å². The highest BCUT2D eigenvalue weighted by atomic mass is 16.5. The van der Waals surface area contributed by atoms with Crippen LogP contribution in [0.5, 0.6) is 5.75 Å². The molecule has 0 unspecified atom stereocenters. The molecule has 0 aliphatic heterocycles. The number of Topliss-reactive ketones (excluding diaryl/α,β-unsaturated/α-hetero) is 1. The fourth-order valence-corrected chi connectivity index (χ4v) is 5.84. The van der Waals surface area contributed by atoms with Crippen molar-refractivity contribution < 1.29 is 9.53 Å². The number of nitrogens with zero attached hydrogens (tertiary/aromatic N) is 1. The van der Waals surface area contributed by atoms with Gasteiger partial charge in [-0.25, -0.2) is 0 Å². The minimum absolute atomic E-state index is 0.164. The first-order valence-corrected chi connectivity index (χ1v) is 10.2. The average molecular weight is 366 g/mol. The van der Waals surface area contributed by atoms with Crippen LogP contribution < -0.4 is 4.74 Å². The third kappa shape index (κ3) is 3.01. The summed E-state index contributed by atoms with van der Waals surface area (Å²) in [4.78, 5) is 15.2. The van der Waals surface area contributed by atoms with E-state index < -0.39 is 0 Å². The maximum Gasteiger partial charge on any atom is 0.165 e. The molecule has 1 aromatic rings. The van der Waals surface area contributed by atoms with Crippen molar-refractivity contribution in [3.05, 3.63) is 53.3 Å². The first kappa shape index (κ1) is 18.3. The summed E-state index contributed by atoms with van der Waals surface area (Å²) in [6, 6.07) is 6.60. The van der Waals surface area contributed by atoms with Crippen LogP contribution in [0.4, 0.5) is 0 Å². The number of ketones is 1. The van der Waals surface area contributed by atoms with Gasteiger partial charge in [-0.15, -0.1) is 0 Å². The molecular weight excluding hydrogens is 334 g/mol. The first-order chi connectivity index (χ1) is 12.9. The minimum Gasteiger partial charge on any atom is -0.497 e. The Morgan fingerprint density at radius 3 is 2.81 bits per heavy atom. The summed E-state index contributed by atoms with van der Waals surface area (Å²) in [7, 11) is 5.75. The molecule has 3 aliphatic carbocycles. The zero-order valence-electron chi connectivity index (χ0n) is 17.0. The summed E-state index contributed by atoms with van der Waals surface area (Å²) in [6.07, 6.45) is 11.5. The third-order valence-corrected chi connectivity index (χ3v) is 7.26. The monoisotopic (exact) mass is 365 g/mol. The van der Waals surface area contributed by atoms with Gasteiger partial charge in [0.25, 0.3) is 0 Å². The van der Waals surface area contributed by atoms with E-state index in [0.717, 1.165) is 37.0 Å². The number of hydrogen-bond acceptors (Lipinski definition) is 3. The molecule has 3 heteroatoms. The Kier molecular flexibility index (Phi) is 4.65. The molecule has 0 N–H and O–H groups in total. The number of benzene rings is 1. The van der Waals surface area contributed by atoms with Crippen LogP contribution in [0, 0.1) is 17.3 Å². The Morgan fingerprint density at radius 1 is 1.26 bits per heavy atom. The van der Waals surface area contributed by atoms with Crippen molar-refractivity contribution in [1.82, 2.24) is 4.90 Å². The van der Waals surface area contributed by atoms with Gasteiger partial charge in [-0.3, -0.25) is 4.79 Å². The predicted octanol–water partition coefficient (Wildman–Crippen LogP) is 4.73. The first-order valence-electron chi connectivity index (χ1n) is 10.2. The van der Waals surface area contributed by atoms with Crippen LogP contribution in [0.25, 0.3) is 0 Å². The van der Waals surface area contributed by atoms with E-state index in [2.05, 4.69) is 31.2 Å². The van der Waals surface area contributed by atoms with Gasteiger partial charge in [0, 0.05) is 19.5 Å². The molecule has 2 saturated carbocycles. The molecule has 4 rings (SSSR count). The largest absolute Gasteiger partial charge is 0.497 e. The highest BCUT2D eigenvalue weighted by molar-refractivity contribution is 6.02. The molecule has 2 fully saturated rings. The van der Waals surface area contributed by atoms with Crippen LogP contribution in [0.1, 0.15) is 49.7 Å². The Labute approximate surface area is 163 Å². The molecule has 0 amide bonds. The SMILES string of the molecule is COc1ccc2c(c1)CC[C@@H]1[C@@H]2CC[C@]2(C)C(=O)/C(=C/C=C/N(C)C)C[C@@H]12. The lowest BCUT2D eigenvalue weighted by molar-refractivity contribution is -0.127. The second kappa shape index (κ2) is 6.85. The van der Waals surface area contributed by atoms with Gasteiger partial charge in [0.1, 0.15) is 5.75 Å². The minimum atomic E-state index is -0.164. The number of carbonyl (C=O) groups excluding carboxylic acids is 1. The second-order valence-electron chi connectivity index (χ2n) is 8.97. The van der Waals surface area contributed by atoms with E-state index in [9.17, 15) is 4.79 Å². The molecule has 0 radical (unpaired) electrons. The van der Waals surface area contributed by atoms with Crippen molar-refractivity contribution in [2.45, 2.75) is 44.9 Å². The van der Waals surface area contributed by atoms with Gasteiger partial charge < -0.3 is 9.64 Å². The van der Waals surface area contributed by atoms with Gasteiger partial charge in [0.15, 0.2) is 5.78 Å². The lowest BCUT2D eigenvalue weighted by atomic mass is 9.55. The molecule has 3 aliphatic rings. The fraction of sp³-hybridized carbons (Fsp3) is 0.542. The summed E-state index contributed by atoms with van der Waals surface area (Å²) in [5.41, 5.74) is 3.82. The van der Waals surface area contributed by atoms with Gasteiger partial charge in [0.05, 0.1) is 7.11 Å². The molecule has 0 heterocycles. The fourth-order valence-electron chi connectivity index (χ4n) is 5.84. The van der Waals surface area contributed by atoms with Gasteiger partial charge in [0.2, 0.25) is 0 Å². The molecule has 0 spiro atoms. The van der Waals surface area contributed by atoms with E-state index in [4.69, 9.17) is 4.74 Å². The smallest absolute Gasteiger partial charge is 0.165 e. The van der Waals surface area contributed by atoms with E-state index in [-0.39, 0.29) is 5.41 Å². The van der Waals surface area contributed by atoms with E-state index in [0.29, 0.717) is 23.5 Å². The standard InChI is InChI=1S/C24H31NO2/c1-24-12-11-20-19-10-8-18(27-4)14-16(19)7-9-21(20)22(24)15-17(23(24)26)6-5-13-25(2)3/h5-6,8,10,13-14,20-22H,7,9,11-12,15H2,1-4H3/b13-5+,17-6+/t20-,21-,22+,24+/m1/s1. The van der Waals surface area contributed by atoms with Gasteiger partial charge >= 0.3 is 0 Å². The Hall–Kier alpha value is -2.03.